The number of nitrogens with zero attached hydrogens (tertiary/aromatic N) is 5. The van der Waals surface area contributed by atoms with Gasteiger partial charge >= 0.3 is 0 Å². The van der Waals surface area contributed by atoms with Crippen LogP contribution < -0.4 is 5.32 Å². The first kappa shape index (κ1) is 17.5. The zero-order chi connectivity index (χ0) is 16.9. The van der Waals surface area contributed by atoms with E-state index in [9.17, 15) is 13.2 Å². The number of carbonyl (C=O) groups excluding carboxylic acids is 1. The molecule has 2 aromatic heterocycles. The normalized spacial score (nSPS) is 13.2. The van der Waals surface area contributed by atoms with Crippen molar-refractivity contribution in [2.45, 2.75) is 12.5 Å². The smallest absolute Gasteiger partial charge is 0.222 e. The van der Waals surface area contributed by atoms with Crippen molar-refractivity contribution in [2.24, 2.45) is 0 Å². The number of tetrazole rings is 1. The van der Waals surface area contributed by atoms with Gasteiger partial charge in [0.15, 0.2) is 0 Å². The Morgan fingerprint density at radius 3 is 2.83 bits per heavy atom. The monoisotopic (exact) mass is 358 g/mol. The van der Waals surface area contributed by atoms with Crippen LogP contribution in [-0.2, 0) is 14.8 Å². The number of aromatic nitrogens is 4. The number of sulfonamides is 1. The zero-order valence-electron chi connectivity index (χ0n) is 12.8. The van der Waals surface area contributed by atoms with E-state index >= 15 is 0 Å². The highest BCUT2D eigenvalue weighted by Crippen LogP contribution is 2.22. The molecule has 0 bridgehead atoms. The van der Waals surface area contributed by atoms with Crippen LogP contribution in [0.2, 0.25) is 0 Å². The van der Waals surface area contributed by atoms with E-state index in [2.05, 4.69) is 20.8 Å². The minimum Gasteiger partial charge on any atom is -0.355 e. The Hall–Kier alpha value is -1.85. The first-order valence-corrected chi connectivity index (χ1v) is 9.37. The van der Waals surface area contributed by atoms with Crippen molar-refractivity contribution in [1.29, 1.82) is 0 Å². The molecule has 0 unspecified atom stereocenters. The molecular formula is C12H18N6O3S2. The summed E-state index contributed by atoms with van der Waals surface area (Å²) in [6.45, 7) is 0.0608. The van der Waals surface area contributed by atoms with Gasteiger partial charge in [0.25, 0.3) is 0 Å². The van der Waals surface area contributed by atoms with Gasteiger partial charge in [0.1, 0.15) is 6.33 Å². The van der Waals surface area contributed by atoms with Gasteiger partial charge in [0, 0.05) is 20.6 Å². The molecule has 9 nitrogen and oxygen atoms in total. The largest absolute Gasteiger partial charge is 0.355 e. The fourth-order valence-electron chi connectivity index (χ4n) is 1.89. The molecule has 0 saturated carbocycles. The summed E-state index contributed by atoms with van der Waals surface area (Å²) < 4.78 is 26.0. The molecule has 0 aromatic carbocycles. The predicted octanol–water partition coefficient (Wildman–Crippen LogP) is -0.278. The van der Waals surface area contributed by atoms with E-state index in [1.54, 1.807) is 0 Å². The SMILES string of the molecule is CN(C)S(=O)(=O)CCNC(=O)C[C@H](c1ccsc1)n1cnnn1. The molecule has 1 amide bonds. The minimum absolute atomic E-state index is 0.0608. The Balaban J connectivity index is 1.94. The molecule has 0 fully saturated rings. The molecule has 1 N–H and O–H groups in total. The van der Waals surface area contributed by atoms with Crippen LogP contribution in [0, 0.1) is 0 Å². The summed E-state index contributed by atoms with van der Waals surface area (Å²) in [5.41, 5.74) is 0.929. The van der Waals surface area contributed by atoms with E-state index in [0.29, 0.717) is 0 Å². The second-order valence-electron chi connectivity index (χ2n) is 5.01. The number of amides is 1. The van der Waals surface area contributed by atoms with E-state index in [-0.39, 0.29) is 30.7 Å². The lowest BCUT2D eigenvalue weighted by molar-refractivity contribution is -0.121. The minimum atomic E-state index is -3.33. The van der Waals surface area contributed by atoms with Gasteiger partial charge in [0.2, 0.25) is 15.9 Å². The predicted molar refractivity (Wildman–Crippen MR) is 85.4 cm³/mol. The molecule has 23 heavy (non-hydrogen) atoms. The molecule has 0 aliphatic carbocycles. The second-order valence-corrected chi connectivity index (χ2v) is 8.10. The lowest BCUT2D eigenvalue weighted by Gasteiger charge is -2.15. The standard InChI is InChI=1S/C12H18N6O3S2/c1-17(2)23(20,21)6-4-13-12(19)7-11(10-3-5-22-8-10)18-9-14-15-16-18/h3,5,8-9,11H,4,6-7H2,1-2H3,(H,13,19)/t11-/m1/s1. The molecule has 11 heteroatoms. The van der Waals surface area contributed by atoms with Crippen molar-refractivity contribution in [1.82, 2.24) is 29.8 Å². The highest BCUT2D eigenvalue weighted by Gasteiger charge is 2.20. The molecule has 0 saturated heterocycles. The van der Waals surface area contributed by atoms with Gasteiger partial charge in [-0.3, -0.25) is 4.79 Å². The molecule has 0 aliphatic rings. The summed E-state index contributed by atoms with van der Waals surface area (Å²) in [6, 6.07) is 1.59. The number of nitrogens with one attached hydrogen (secondary N) is 1. The third-order valence-electron chi connectivity index (χ3n) is 3.23. The Kier molecular flexibility index (Phi) is 5.80. The summed E-state index contributed by atoms with van der Waals surface area (Å²) in [5.74, 6) is -0.398. The van der Waals surface area contributed by atoms with Crippen LogP contribution in [0.25, 0.3) is 0 Å². The highest BCUT2D eigenvalue weighted by molar-refractivity contribution is 7.89. The molecular weight excluding hydrogens is 340 g/mol. The van der Waals surface area contributed by atoms with Crippen molar-refractivity contribution < 1.29 is 13.2 Å². The zero-order valence-corrected chi connectivity index (χ0v) is 14.4. The van der Waals surface area contributed by atoms with E-state index < -0.39 is 10.0 Å². The van der Waals surface area contributed by atoms with Crippen LogP contribution >= 0.6 is 11.3 Å². The van der Waals surface area contributed by atoms with Crippen molar-refractivity contribution in [3.63, 3.8) is 0 Å². The van der Waals surface area contributed by atoms with E-state index in [4.69, 9.17) is 0 Å². The van der Waals surface area contributed by atoms with Crippen molar-refractivity contribution in [3.8, 4) is 0 Å². The van der Waals surface area contributed by atoms with Crippen molar-refractivity contribution >= 4 is 27.3 Å². The fourth-order valence-corrected chi connectivity index (χ4v) is 3.32. The van der Waals surface area contributed by atoms with Gasteiger partial charge in [-0.15, -0.1) is 5.10 Å². The first-order chi connectivity index (χ1) is 10.9. The quantitative estimate of drug-likeness (QED) is 0.695. The molecule has 1 atom stereocenters. The summed E-state index contributed by atoms with van der Waals surface area (Å²) in [4.78, 5) is 12.1. The molecule has 2 rings (SSSR count). The second kappa shape index (κ2) is 7.62. The highest BCUT2D eigenvalue weighted by atomic mass is 32.2. The number of hydrogen-bond acceptors (Lipinski definition) is 7. The Labute approximate surface area is 138 Å². The molecule has 0 spiro atoms. The average Bonchev–Trinajstić information content (AvgIpc) is 3.18. The van der Waals surface area contributed by atoms with Crippen molar-refractivity contribution in [2.75, 3.05) is 26.4 Å². The van der Waals surface area contributed by atoms with Crippen LogP contribution in [0.5, 0.6) is 0 Å². The number of carbonyl (C=O) groups is 1. The third-order valence-corrected chi connectivity index (χ3v) is 5.76. The average molecular weight is 358 g/mol. The summed E-state index contributed by atoms with van der Waals surface area (Å²) in [6.07, 6.45) is 1.58. The molecule has 2 heterocycles. The van der Waals surface area contributed by atoms with Gasteiger partial charge in [0.05, 0.1) is 18.2 Å². The topological polar surface area (TPSA) is 110 Å². The van der Waals surface area contributed by atoms with Gasteiger partial charge in [-0.2, -0.15) is 11.3 Å². The Morgan fingerprint density at radius 1 is 1.48 bits per heavy atom. The van der Waals surface area contributed by atoms with E-state index in [0.717, 1.165) is 9.87 Å². The van der Waals surface area contributed by atoms with Gasteiger partial charge < -0.3 is 5.32 Å². The Morgan fingerprint density at radius 2 is 2.26 bits per heavy atom. The van der Waals surface area contributed by atoms with Crippen LogP contribution in [-0.4, -0.2) is 65.2 Å². The summed E-state index contributed by atoms with van der Waals surface area (Å²) in [7, 11) is -0.406. The lowest BCUT2D eigenvalue weighted by Crippen LogP contribution is -2.34. The molecule has 126 valence electrons. The fraction of sp³-hybridized carbons (Fsp3) is 0.500. The maximum atomic E-state index is 12.1. The summed E-state index contributed by atoms with van der Waals surface area (Å²) >= 11 is 1.52. The third kappa shape index (κ3) is 4.81. The lowest BCUT2D eigenvalue weighted by atomic mass is 10.1. The molecule has 0 radical (unpaired) electrons. The molecule has 2 aromatic rings. The van der Waals surface area contributed by atoms with Crippen LogP contribution in [0.3, 0.4) is 0 Å². The Bertz CT molecular complexity index is 678. The first-order valence-electron chi connectivity index (χ1n) is 6.81. The van der Waals surface area contributed by atoms with Gasteiger partial charge in [-0.05, 0) is 32.8 Å². The van der Waals surface area contributed by atoms with E-state index in [1.165, 1.54) is 36.4 Å². The number of rotatable bonds is 8. The van der Waals surface area contributed by atoms with Crippen LogP contribution in [0.4, 0.5) is 0 Å². The number of thiophene rings is 1. The van der Waals surface area contributed by atoms with Gasteiger partial charge in [-0.1, -0.05) is 0 Å². The molecule has 0 aliphatic heterocycles. The summed E-state index contributed by atoms with van der Waals surface area (Å²) in [5, 5.41) is 17.5. The van der Waals surface area contributed by atoms with Crippen LogP contribution in [0.1, 0.15) is 18.0 Å². The van der Waals surface area contributed by atoms with Crippen LogP contribution in [0.15, 0.2) is 23.2 Å². The van der Waals surface area contributed by atoms with E-state index in [1.807, 2.05) is 16.8 Å². The maximum absolute atomic E-state index is 12.1. The number of hydrogen-bond donors (Lipinski definition) is 1. The van der Waals surface area contributed by atoms with Gasteiger partial charge in [-0.25, -0.2) is 17.4 Å². The maximum Gasteiger partial charge on any atom is 0.222 e. The van der Waals surface area contributed by atoms with Crippen molar-refractivity contribution in [3.05, 3.63) is 28.7 Å².